The Morgan fingerprint density at radius 2 is 2.21 bits per heavy atom. The predicted molar refractivity (Wildman–Crippen MR) is 77.5 cm³/mol. The van der Waals surface area contributed by atoms with Gasteiger partial charge in [0.05, 0.1) is 6.04 Å². The summed E-state index contributed by atoms with van der Waals surface area (Å²) in [5.41, 5.74) is 1.37. The smallest absolute Gasteiger partial charge is 0.124 e. The van der Waals surface area contributed by atoms with E-state index in [0.29, 0.717) is 18.1 Å². The van der Waals surface area contributed by atoms with Crippen LogP contribution in [0.2, 0.25) is 0 Å². The molecule has 0 aliphatic carbocycles. The van der Waals surface area contributed by atoms with Gasteiger partial charge in [0, 0.05) is 24.2 Å². The van der Waals surface area contributed by atoms with Gasteiger partial charge >= 0.3 is 0 Å². The highest BCUT2D eigenvalue weighted by Gasteiger charge is 2.35. The summed E-state index contributed by atoms with van der Waals surface area (Å²) in [7, 11) is 0. The first-order valence-electron chi connectivity index (χ1n) is 7.50. The molecule has 0 spiro atoms. The molecule has 1 aromatic rings. The lowest BCUT2D eigenvalue weighted by Crippen LogP contribution is -2.49. The summed E-state index contributed by atoms with van der Waals surface area (Å²) < 4.78 is 5.83. The van der Waals surface area contributed by atoms with Crippen LogP contribution in [0, 0.1) is 0 Å². The molecular weight excluding hydrogens is 236 g/mol. The molecule has 0 bridgehead atoms. The number of fused-ring (bicyclic) bond motifs is 1. The minimum Gasteiger partial charge on any atom is -0.491 e. The van der Waals surface area contributed by atoms with Crippen molar-refractivity contribution in [1.82, 2.24) is 10.2 Å². The van der Waals surface area contributed by atoms with Crippen molar-refractivity contribution in [3.8, 4) is 5.75 Å². The molecule has 3 atom stereocenters. The van der Waals surface area contributed by atoms with Gasteiger partial charge in [0.2, 0.25) is 0 Å². The Balaban J connectivity index is 1.71. The number of para-hydroxylation sites is 1. The molecule has 2 aliphatic heterocycles. The molecule has 3 nitrogen and oxygen atoms in total. The van der Waals surface area contributed by atoms with Crippen LogP contribution < -0.4 is 10.1 Å². The maximum absolute atomic E-state index is 5.83. The summed E-state index contributed by atoms with van der Waals surface area (Å²) in [5, 5.41) is 3.59. The summed E-state index contributed by atoms with van der Waals surface area (Å²) >= 11 is 0. The zero-order chi connectivity index (χ0) is 13.2. The molecule has 19 heavy (non-hydrogen) atoms. The number of hydrogen-bond donors (Lipinski definition) is 1. The van der Waals surface area contributed by atoms with Crippen LogP contribution >= 0.6 is 0 Å². The molecule has 0 aromatic heterocycles. The predicted octanol–water partition coefficient (Wildman–Crippen LogP) is 2.58. The standard InChI is InChI=1S/C16H24N2O/c1-3-17-13-8-9-18(12(2)10-13)15-11-19-16-7-5-4-6-14(15)16/h4-7,12-13,15,17H,3,8-11H2,1-2H3. The Hall–Kier alpha value is -1.06. The number of likely N-dealkylation sites (tertiary alicyclic amines) is 1. The largest absolute Gasteiger partial charge is 0.491 e. The Morgan fingerprint density at radius 1 is 1.37 bits per heavy atom. The Morgan fingerprint density at radius 3 is 3.00 bits per heavy atom. The molecule has 3 heteroatoms. The second-order valence-electron chi connectivity index (χ2n) is 5.73. The lowest BCUT2D eigenvalue weighted by Gasteiger charge is -2.41. The van der Waals surface area contributed by atoms with Crippen LogP contribution in [0.3, 0.4) is 0 Å². The van der Waals surface area contributed by atoms with Crippen LogP contribution in [0.4, 0.5) is 0 Å². The van der Waals surface area contributed by atoms with Crippen molar-refractivity contribution >= 4 is 0 Å². The molecular formula is C16H24N2O. The van der Waals surface area contributed by atoms with E-state index in [1.54, 1.807) is 0 Å². The number of nitrogens with zero attached hydrogens (tertiary/aromatic N) is 1. The van der Waals surface area contributed by atoms with Crippen LogP contribution in [0.15, 0.2) is 24.3 Å². The monoisotopic (exact) mass is 260 g/mol. The Bertz CT molecular complexity index is 435. The molecule has 2 heterocycles. The van der Waals surface area contributed by atoms with Gasteiger partial charge in [-0.2, -0.15) is 0 Å². The first-order valence-corrected chi connectivity index (χ1v) is 7.50. The molecule has 1 N–H and O–H groups in total. The highest BCUT2D eigenvalue weighted by Crippen LogP contribution is 2.38. The number of hydrogen-bond acceptors (Lipinski definition) is 3. The number of nitrogens with one attached hydrogen (secondary N) is 1. The number of benzene rings is 1. The topological polar surface area (TPSA) is 24.5 Å². The zero-order valence-corrected chi connectivity index (χ0v) is 11.9. The number of rotatable bonds is 3. The van der Waals surface area contributed by atoms with Gasteiger partial charge in [-0.25, -0.2) is 0 Å². The van der Waals surface area contributed by atoms with Crippen LogP contribution in [0.5, 0.6) is 5.75 Å². The van der Waals surface area contributed by atoms with E-state index in [0.717, 1.165) is 18.9 Å². The first kappa shape index (κ1) is 12.9. The quantitative estimate of drug-likeness (QED) is 0.904. The third-order valence-corrected chi connectivity index (χ3v) is 4.50. The number of piperidine rings is 1. The molecule has 0 saturated carbocycles. The Kier molecular flexibility index (Phi) is 3.76. The SMILES string of the molecule is CCNC1CCN(C2COc3ccccc32)C(C)C1. The lowest BCUT2D eigenvalue weighted by atomic mass is 9.94. The third-order valence-electron chi connectivity index (χ3n) is 4.50. The highest BCUT2D eigenvalue weighted by molar-refractivity contribution is 5.39. The number of ether oxygens (including phenoxy) is 1. The van der Waals surface area contributed by atoms with E-state index in [9.17, 15) is 0 Å². The minimum absolute atomic E-state index is 0.453. The van der Waals surface area contributed by atoms with Gasteiger partial charge in [-0.15, -0.1) is 0 Å². The summed E-state index contributed by atoms with van der Waals surface area (Å²) in [5.74, 6) is 1.08. The third kappa shape index (κ3) is 2.49. The summed E-state index contributed by atoms with van der Waals surface area (Å²) in [4.78, 5) is 2.62. The minimum atomic E-state index is 0.453. The van der Waals surface area contributed by atoms with Gasteiger partial charge in [-0.1, -0.05) is 25.1 Å². The molecule has 104 valence electrons. The van der Waals surface area contributed by atoms with Crippen LogP contribution in [-0.4, -0.2) is 36.7 Å². The summed E-state index contributed by atoms with van der Waals surface area (Å²) in [6.45, 7) is 7.60. The van der Waals surface area contributed by atoms with Gasteiger partial charge in [-0.3, -0.25) is 4.90 Å². The van der Waals surface area contributed by atoms with Gasteiger partial charge in [0.15, 0.2) is 0 Å². The fraction of sp³-hybridized carbons (Fsp3) is 0.625. The van der Waals surface area contributed by atoms with E-state index in [4.69, 9.17) is 4.74 Å². The van der Waals surface area contributed by atoms with Crippen molar-refractivity contribution in [3.63, 3.8) is 0 Å². The van der Waals surface area contributed by atoms with Crippen LogP contribution in [0.25, 0.3) is 0 Å². The summed E-state index contributed by atoms with van der Waals surface area (Å²) in [6, 6.07) is 10.3. The average molecular weight is 260 g/mol. The molecule has 0 amide bonds. The van der Waals surface area contributed by atoms with Gasteiger partial charge in [0.25, 0.3) is 0 Å². The lowest BCUT2D eigenvalue weighted by molar-refractivity contribution is 0.0750. The second kappa shape index (κ2) is 5.51. The molecule has 3 unspecified atom stereocenters. The van der Waals surface area contributed by atoms with Crippen LogP contribution in [-0.2, 0) is 0 Å². The fourth-order valence-electron chi connectivity index (χ4n) is 3.55. The molecule has 1 fully saturated rings. The van der Waals surface area contributed by atoms with Crippen molar-refractivity contribution in [2.75, 3.05) is 19.7 Å². The Labute approximate surface area is 115 Å². The van der Waals surface area contributed by atoms with Crippen molar-refractivity contribution in [3.05, 3.63) is 29.8 Å². The summed E-state index contributed by atoms with van der Waals surface area (Å²) in [6.07, 6.45) is 2.49. The normalized spacial score (nSPS) is 30.9. The van der Waals surface area contributed by atoms with E-state index in [2.05, 4.69) is 48.3 Å². The average Bonchev–Trinajstić information content (AvgIpc) is 2.83. The zero-order valence-electron chi connectivity index (χ0n) is 11.9. The van der Waals surface area contributed by atoms with Crippen molar-refractivity contribution in [2.24, 2.45) is 0 Å². The second-order valence-corrected chi connectivity index (χ2v) is 5.73. The van der Waals surface area contributed by atoms with Crippen molar-refractivity contribution in [2.45, 2.75) is 44.8 Å². The van der Waals surface area contributed by atoms with Crippen molar-refractivity contribution < 1.29 is 4.74 Å². The molecule has 2 aliphatic rings. The maximum Gasteiger partial charge on any atom is 0.124 e. The first-order chi connectivity index (χ1) is 9.29. The van der Waals surface area contributed by atoms with Gasteiger partial charge in [-0.05, 0) is 32.4 Å². The molecule has 1 aromatic carbocycles. The maximum atomic E-state index is 5.83. The van der Waals surface area contributed by atoms with Gasteiger partial charge in [0.1, 0.15) is 12.4 Å². The van der Waals surface area contributed by atoms with E-state index in [1.807, 2.05) is 0 Å². The highest BCUT2D eigenvalue weighted by atomic mass is 16.5. The van der Waals surface area contributed by atoms with Crippen molar-refractivity contribution in [1.29, 1.82) is 0 Å². The van der Waals surface area contributed by atoms with E-state index >= 15 is 0 Å². The molecule has 0 radical (unpaired) electrons. The van der Waals surface area contributed by atoms with E-state index in [-0.39, 0.29) is 0 Å². The molecule has 3 rings (SSSR count). The van der Waals surface area contributed by atoms with Gasteiger partial charge < -0.3 is 10.1 Å². The van der Waals surface area contributed by atoms with E-state index in [1.165, 1.54) is 24.9 Å². The van der Waals surface area contributed by atoms with Crippen LogP contribution in [0.1, 0.15) is 38.3 Å². The van der Waals surface area contributed by atoms with E-state index < -0.39 is 0 Å². The molecule has 1 saturated heterocycles. The fourth-order valence-corrected chi connectivity index (χ4v) is 3.55.